The number of anilines is 2. The first-order valence-corrected chi connectivity index (χ1v) is 9.83. The Morgan fingerprint density at radius 2 is 1.66 bits per heavy atom. The van der Waals surface area contributed by atoms with Crippen LogP contribution in [0.2, 0.25) is 5.02 Å². The van der Waals surface area contributed by atoms with Crippen LogP contribution in [-0.4, -0.2) is 11.8 Å². The molecular formula is C22H14BrClN2O3. The van der Waals surface area contributed by atoms with E-state index in [1.54, 1.807) is 36.4 Å². The van der Waals surface area contributed by atoms with Crippen molar-refractivity contribution in [1.82, 2.24) is 0 Å². The van der Waals surface area contributed by atoms with E-state index >= 15 is 0 Å². The minimum atomic E-state index is -0.407. The average molecular weight is 470 g/mol. The van der Waals surface area contributed by atoms with Crippen molar-refractivity contribution in [2.24, 2.45) is 0 Å². The Hall–Kier alpha value is -3.09. The van der Waals surface area contributed by atoms with Crippen LogP contribution in [0.4, 0.5) is 11.4 Å². The fourth-order valence-corrected chi connectivity index (χ4v) is 3.68. The molecule has 2 N–H and O–H groups in total. The number of carbonyl (C=O) groups excluding carboxylic acids is 2. The molecule has 0 fully saturated rings. The van der Waals surface area contributed by atoms with Crippen molar-refractivity contribution < 1.29 is 14.0 Å². The number of halogens is 2. The summed E-state index contributed by atoms with van der Waals surface area (Å²) in [4.78, 5) is 24.9. The van der Waals surface area contributed by atoms with Gasteiger partial charge in [-0.3, -0.25) is 9.59 Å². The maximum atomic E-state index is 12.8. The summed E-state index contributed by atoms with van der Waals surface area (Å²) in [5.74, 6) is -0.479. The summed E-state index contributed by atoms with van der Waals surface area (Å²) in [6, 6.07) is 19.3. The predicted octanol–water partition coefficient (Wildman–Crippen LogP) is 6.35. The maximum Gasteiger partial charge on any atom is 0.291 e. The lowest BCUT2D eigenvalue weighted by Crippen LogP contribution is -2.13. The molecule has 5 nitrogen and oxygen atoms in total. The molecule has 0 bridgehead atoms. The zero-order valence-electron chi connectivity index (χ0n) is 14.9. The van der Waals surface area contributed by atoms with Gasteiger partial charge in [0.05, 0.1) is 17.0 Å². The molecule has 7 heteroatoms. The molecule has 1 aromatic heterocycles. The molecule has 0 radical (unpaired) electrons. The molecule has 0 unspecified atom stereocenters. The number of rotatable bonds is 4. The molecule has 1 heterocycles. The lowest BCUT2D eigenvalue weighted by Gasteiger charge is -2.11. The molecule has 29 heavy (non-hydrogen) atoms. The number of hydrogen-bond donors (Lipinski definition) is 2. The fourth-order valence-electron chi connectivity index (χ4n) is 2.95. The number of fused-ring (bicyclic) bond motifs is 1. The van der Waals surface area contributed by atoms with Gasteiger partial charge in [0.1, 0.15) is 0 Å². The Balaban J connectivity index is 1.54. The van der Waals surface area contributed by atoms with Crippen molar-refractivity contribution in [3.63, 3.8) is 0 Å². The van der Waals surface area contributed by atoms with E-state index in [9.17, 15) is 9.59 Å². The number of carbonyl (C=O) groups is 2. The molecular weight excluding hydrogens is 456 g/mol. The smallest absolute Gasteiger partial charge is 0.291 e. The van der Waals surface area contributed by atoms with Crippen molar-refractivity contribution in [3.8, 4) is 0 Å². The lowest BCUT2D eigenvalue weighted by molar-refractivity contribution is 0.0994. The highest BCUT2D eigenvalue weighted by atomic mass is 79.9. The van der Waals surface area contributed by atoms with E-state index in [-0.39, 0.29) is 11.7 Å². The van der Waals surface area contributed by atoms with Gasteiger partial charge in [0.25, 0.3) is 11.8 Å². The molecule has 144 valence electrons. The van der Waals surface area contributed by atoms with Crippen molar-refractivity contribution in [2.45, 2.75) is 0 Å². The average Bonchev–Trinajstić information content (AvgIpc) is 3.25. The van der Waals surface area contributed by atoms with Crippen LogP contribution in [0.3, 0.4) is 0 Å². The first-order valence-electron chi connectivity index (χ1n) is 8.66. The van der Waals surface area contributed by atoms with Crippen LogP contribution in [-0.2, 0) is 0 Å². The summed E-state index contributed by atoms with van der Waals surface area (Å²) in [5, 5.41) is 7.61. The number of benzene rings is 3. The van der Waals surface area contributed by atoms with Crippen LogP contribution in [0, 0.1) is 0 Å². The second-order valence-electron chi connectivity index (χ2n) is 6.22. The van der Waals surface area contributed by atoms with Crippen molar-refractivity contribution in [1.29, 1.82) is 0 Å². The van der Waals surface area contributed by atoms with E-state index in [0.717, 1.165) is 15.2 Å². The summed E-state index contributed by atoms with van der Waals surface area (Å²) < 4.78 is 5.98. The Morgan fingerprint density at radius 3 is 2.41 bits per heavy atom. The molecule has 0 aliphatic heterocycles. The Kier molecular flexibility index (Phi) is 5.38. The van der Waals surface area contributed by atoms with E-state index in [4.69, 9.17) is 16.0 Å². The van der Waals surface area contributed by atoms with E-state index < -0.39 is 5.91 Å². The molecule has 0 atom stereocenters. The van der Waals surface area contributed by atoms with E-state index in [1.165, 1.54) is 6.26 Å². The van der Waals surface area contributed by atoms with Crippen LogP contribution < -0.4 is 10.6 Å². The molecule has 0 aliphatic rings. The summed E-state index contributed by atoms with van der Waals surface area (Å²) in [6.07, 6.45) is 1.42. The molecule has 4 aromatic rings. The van der Waals surface area contributed by atoms with Gasteiger partial charge in [0.15, 0.2) is 5.76 Å². The lowest BCUT2D eigenvalue weighted by atomic mass is 10.0. The van der Waals surface area contributed by atoms with E-state index in [1.807, 2.05) is 30.3 Å². The molecule has 0 aliphatic carbocycles. The Bertz CT molecular complexity index is 1220. The molecule has 4 rings (SSSR count). The number of nitrogens with one attached hydrogen (secondary N) is 2. The van der Waals surface area contributed by atoms with Gasteiger partial charge in [0.2, 0.25) is 0 Å². The second kappa shape index (κ2) is 8.11. The van der Waals surface area contributed by atoms with Gasteiger partial charge in [-0.25, -0.2) is 0 Å². The third-order valence-electron chi connectivity index (χ3n) is 4.33. The summed E-state index contributed by atoms with van der Waals surface area (Å²) in [6.45, 7) is 0. The number of amides is 2. The summed E-state index contributed by atoms with van der Waals surface area (Å²) in [7, 11) is 0. The molecule has 0 spiro atoms. The van der Waals surface area contributed by atoms with Crippen LogP contribution >= 0.6 is 27.5 Å². The first kappa shape index (κ1) is 19.2. The van der Waals surface area contributed by atoms with Crippen molar-refractivity contribution >= 4 is 61.5 Å². The van der Waals surface area contributed by atoms with Gasteiger partial charge < -0.3 is 15.1 Å². The van der Waals surface area contributed by atoms with Crippen LogP contribution in [0.1, 0.15) is 20.9 Å². The normalized spacial score (nSPS) is 10.7. The van der Waals surface area contributed by atoms with Gasteiger partial charge in [-0.15, -0.1) is 0 Å². The SMILES string of the molecule is O=C(Nc1ccc(NC(=O)c2cccc3c(Br)cccc23)cc1Cl)c1ccco1. The zero-order chi connectivity index (χ0) is 20.4. The van der Waals surface area contributed by atoms with Gasteiger partial charge in [-0.1, -0.05) is 51.8 Å². The van der Waals surface area contributed by atoms with Gasteiger partial charge in [-0.05, 0) is 53.2 Å². The molecule has 3 aromatic carbocycles. The molecule has 0 saturated carbocycles. The summed E-state index contributed by atoms with van der Waals surface area (Å²) >= 11 is 9.79. The number of hydrogen-bond acceptors (Lipinski definition) is 3. The highest BCUT2D eigenvalue weighted by Gasteiger charge is 2.14. The topological polar surface area (TPSA) is 71.3 Å². The van der Waals surface area contributed by atoms with Crippen LogP contribution in [0.5, 0.6) is 0 Å². The third kappa shape index (κ3) is 4.04. The molecule has 2 amide bonds. The van der Waals surface area contributed by atoms with Crippen LogP contribution in [0.25, 0.3) is 10.8 Å². The second-order valence-corrected chi connectivity index (χ2v) is 7.48. The van der Waals surface area contributed by atoms with Gasteiger partial charge in [0, 0.05) is 15.7 Å². The zero-order valence-corrected chi connectivity index (χ0v) is 17.3. The van der Waals surface area contributed by atoms with Crippen LogP contribution in [0.15, 0.2) is 81.9 Å². The Labute approximate surface area is 179 Å². The Morgan fingerprint density at radius 1 is 0.862 bits per heavy atom. The minimum Gasteiger partial charge on any atom is -0.459 e. The quantitative estimate of drug-likeness (QED) is 0.366. The van der Waals surface area contributed by atoms with Crippen molar-refractivity contribution in [2.75, 3.05) is 10.6 Å². The predicted molar refractivity (Wildman–Crippen MR) is 118 cm³/mol. The molecule has 0 saturated heterocycles. The highest BCUT2D eigenvalue weighted by Crippen LogP contribution is 2.29. The van der Waals surface area contributed by atoms with Gasteiger partial charge in [-0.2, -0.15) is 0 Å². The standard InChI is InChI=1S/C22H14BrClN2O3/c23-17-7-2-4-14-15(17)5-1-6-16(14)21(27)25-13-9-10-19(18(24)12-13)26-22(28)20-8-3-11-29-20/h1-12H,(H,25,27)(H,26,28). The third-order valence-corrected chi connectivity index (χ3v) is 5.34. The largest absolute Gasteiger partial charge is 0.459 e. The fraction of sp³-hybridized carbons (Fsp3) is 0. The van der Waals surface area contributed by atoms with E-state index in [0.29, 0.717) is 22.0 Å². The number of furan rings is 1. The maximum absolute atomic E-state index is 12.8. The highest BCUT2D eigenvalue weighted by molar-refractivity contribution is 9.10. The van der Waals surface area contributed by atoms with E-state index in [2.05, 4.69) is 26.6 Å². The van der Waals surface area contributed by atoms with Crippen molar-refractivity contribution in [3.05, 3.63) is 93.8 Å². The minimum absolute atomic E-state index is 0.181. The monoisotopic (exact) mass is 468 g/mol. The van der Waals surface area contributed by atoms with Gasteiger partial charge >= 0.3 is 0 Å². The first-order chi connectivity index (χ1) is 14.0. The summed E-state index contributed by atoms with van der Waals surface area (Å²) in [5.41, 5.74) is 1.48.